The molecule has 0 aromatic carbocycles. The molecule has 0 aliphatic carbocycles. The van der Waals surface area contributed by atoms with E-state index in [9.17, 15) is 8.42 Å². The first-order chi connectivity index (χ1) is 13.0. The quantitative estimate of drug-likeness (QED) is 0.659. The van der Waals surface area contributed by atoms with Crippen LogP contribution >= 0.6 is 0 Å². The Morgan fingerprint density at radius 2 is 2.19 bits per heavy atom. The monoisotopic (exact) mass is 388 g/mol. The van der Waals surface area contributed by atoms with Crippen LogP contribution in [0.3, 0.4) is 0 Å². The molecule has 4 heterocycles. The van der Waals surface area contributed by atoms with Gasteiger partial charge in [0, 0.05) is 31.7 Å². The zero-order chi connectivity index (χ0) is 19.0. The van der Waals surface area contributed by atoms with Gasteiger partial charge < -0.3 is 4.42 Å². The first kappa shape index (κ1) is 17.8. The van der Waals surface area contributed by atoms with Gasteiger partial charge in [-0.1, -0.05) is 0 Å². The molecule has 0 radical (unpaired) electrons. The van der Waals surface area contributed by atoms with E-state index in [1.54, 1.807) is 36.3 Å². The summed E-state index contributed by atoms with van der Waals surface area (Å²) in [5.74, 6) is 0.632. The second kappa shape index (κ2) is 6.86. The summed E-state index contributed by atoms with van der Waals surface area (Å²) in [5, 5.41) is 12.4. The molecule has 1 unspecified atom stereocenters. The fourth-order valence-corrected chi connectivity index (χ4v) is 5.11. The molecule has 3 aromatic rings. The number of hydrogen-bond acceptors (Lipinski definition) is 7. The molecule has 0 N–H and O–H groups in total. The second-order valence-electron chi connectivity index (χ2n) is 6.40. The lowest BCUT2D eigenvalue weighted by Crippen LogP contribution is -2.31. The standard InChI is InChI=1S/C17H20N6O3S/c1-3-22-11-15(12(2)21-22)27(24,25)23-9-5-7-14(23)17-20-19-16(26-17)13-6-4-8-18-10-13/h4,6,8,10-11,14H,3,5,7,9H2,1-2H3. The molecule has 1 saturated heterocycles. The van der Waals surface area contributed by atoms with Crippen LogP contribution in [0.25, 0.3) is 11.5 Å². The third-order valence-electron chi connectivity index (χ3n) is 4.65. The molecule has 1 aliphatic rings. The maximum absolute atomic E-state index is 13.2. The van der Waals surface area contributed by atoms with E-state index < -0.39 is 16.1 Å². The molecule has 1 fully saturated rings. The van der Waals surface area contributed by atoms with Gasteiger partial charge in [0.05, 0.1) is 11.3 Å². The predicted molar refractivity (Wildman–Crippen MR) is 96.0 cm³/mol. The summed E-state index contributed by atoms with van der Waals surface area (Å²) in [5.41, 5.74) is 1.19. The topological polar surface area (TPSA) is 107 Å². The minimum Gasteiger partial charge on any atom is -0.419 e. The second-order valence-corrected chi connectivity index (χ2v) is 8.25. The summed E-state index contributed by atoms with van der Waals surface area (Å²) < 4.78 is 35.3. The van der Waals surface area contributed by atoms with Gasteiger partial charge in [-0.2, -0.15) is 9.40 Å². The van der Waals surface area contributed by atoms with Gasteiger partial charge in [-0.05, 0) is 38.8 Å². The number of pyridine rings is 1. The van der Waals surface area contributed by atoms with Crippen molar-refractivity contribution in [1.29, 1.82) is 0 Å². The van der Waals surface area contributed by atoms with Crippen molar-refractivity contribution in [3.8, 4) is 11.5 Å². The molecular weight excluding hydrogens is 368 g/mol. The molecule has 142 valence electrons. The van der Waals surface area contributed by atoms with Crippen LogP contribution in [-0.4, -0.2) is 44.2 Å². The maximum atomic E-state index is 13.2. The third-order valence-corrected chi connectivity index (χ3v) is 6.66. The molecule has 0 bridgehead atoms. The van der Waals surface area contributed by atoms with Crippen molar-refractivity contribution >= 4 is 10.0 Å². The van der Waals surface area contributed by atoms with E-state index in [0.29, 0.717) is 42.5 Å². The van der Waals surface area contributed by atoms with E-state index in [1.807, 2.05) is 13.0 Å². The largest absolute Gasteiger partial charge is 0.419 e. The summed E-state index contributed by atoms with van der Waals surface area (Å²) in [6.45, 7) is 4.64. The van der Waals surface area contributed by atoms with Gasteiger partial charge in [0.15, 0.2) is 0 Å². The third kappa shape index (κ3) is 3.15. The lowest BCUT2D eigenvalue weighted by Gasteiger charge is -2.21. The molecule has 1 aliphatic heterocycles. The Hall–Kier alpha value is -2.59. The molecule has 3 aromatic heterocycles. The summed E-state index contributed by atoms with van der Waals surface area (Å²) in [6.07, 6.45) is 6.23. The summed E-state index contributed by atoms with van der Waals surface area (Å²) in [4.78, 5) is 4.26. The van der Waals surface area contributed by atoms with E-state index in [-0.39, 0.29) is 4.90 Å². The van der Waals surface area contributed by atoms with Crippen LogP contribution in [-0.2, 0) is 16.6 Å². The van der Waals surface area contributed by atoms with Crippen molar-refractivity contribution < 1.29 is 12.8 Å². The number of nitrogens with zero attached hydrogens (tertiary/aromatic N) is 6. The fraction of sp³-hybridized carbons (Fsp3) is 0.412. The Morgan fingerprint density at radius 1 is 1.33 bits per heavy atom. The number of aryl methyl sites for hydroxylation is 2. The molecule has 4 rings (SSSR count). The zero-order valence-corrected chi connectivity index (χ0v) is 15.9. The first-order valence-corrected chi connectivity index (χ1v) is 10.2. The number of rotatable bonds is 5. The molecule has 9 nitrogen and oxygen atoms in total. The van der Waals surface area contributed by atoms with E-state index in [1.165, 1.54) is 4.31 Å². The van der Waals surface area contributed by atoms with Crippen LogP contribution < -0.4 is 0 Å². The van der Waals surface area contributed by atoms with Crippen LogP contribution in [0.5, 0.6) is 0 Å². The van der Waals surface area contributed by atoms with Crippen molar-refractivity contribution in [3.05, 3.63) is 42.3 Å². The Kier molecular flexibility index (Phi) is 4.52. The molecule has 0 saturated carbocycles. The highest BCUT2D eigenvalue weighted by molar-refractivity contribution is 7.89. The van der Waals surface area contributed by atoms with Gasteiger partial charge in [0.1, 0.15) is 10.9 Å². The van der Waals surface area contributed by atoms with Crippen molar-refractivity contribution in [3.63, 3.8) is 0 Å². The smallest absolute Gasteiger partial charge is 0.249 e. The summed E-state index contributed by atoms with van der Waals surface area (Å²) >= 11 is 0. The molecule has 0 amide bonds. The molecular formula is C17H20N6O3S. The van der Waals surface area contributed by atoms with Crippen LogP contribution in [0.15, 0.2) is 40.0 Å². The Balaban J connectivity index is 1.66. The highest BCUT2D eigenvalue weighted by atomic mass is 32.2. The van der Waals surface area contributed by atoms with Gasteiger partial charge in [0.25, 0.3) is 0 Å². The minimum atomic E-state index is -3.70. The average Bonchev–Trinajstić information content (AvgIpc) is 3.41. The SMILES string of the molecule is CCn1cc(S(=O)(=O)N2CCCC2c2nnc(-c3cccnc3)o2)c(C)n1. The summed E-state index contributed by atoms with van der Waals surface area (Å²) in [7, 11) is -3.70. The zero-order valence-electron chi connectivity index (χ0n) is 15.1. The predicted octanol–water partition coefficient (Wildman–Crippen LogP) is 2.18. The average molecular weight is 388 g/mol. The van der Waals surface area contributed by atoms with Crippen LogP contribution in [0.1, 0.15) is 37.4 Å². The van der Waals surface area contributed by atoms with Crippen molar-refractivity contribution in [1.82, 2.24) is 29.3 Å². The Morgan fingerprint density at radius 3 is 2.89 bits per heavy atom. The lowest BCUT2D eigenvalue weighted by atomic mass is 10.2. The highest BCUT2D eigenvalue weighted by Gasteiger charge is 2.40. The normalized spacial score (nSPS) is 18.2. The van der Waals surface area contributed by atoms with E-state index in [4.69, 9.17) is 4.42 Å². The van der Waals surface area contributed by atoms with E-state index in [0.717, 1.165) is 6.42 Å². The molecule has 1 atom stereocenters. The summed E-state index contributed by atoms with van der Waals surface area (Å²) in [6, 6.07) is 3.12. The van der Waals surface area contributed by atoms with Crippen molar-refractivity contribution in [2.75, 3.05) is 6.54 Å². The van der Waals surface area contributed by atoms with E-state index in [2.05, 4.69) is 20.3 Å². The Labute approximate surface area is 157 Å². The number of sulfonamides is 1. The lowest BCUT2D eigenvalue weighted by molar-refractivity contribution is 0.332. The molecule has 27 heavy (non-hydrogen) atoms. The van der Waals surface area contributed by atoms with Crippen LogP contribution in [0.4, 0.5) is 0 Å². The van der Waals surface area contributed by atoms with Gasteiger partial charge in [-0.3, -0.25) is 9.67 Å². The van der Waals surface area contributed by atoms with Crippen molar-refractivity contribution in [2.24, 2.45) is 0 Å². The van der Waals surface area contributed by atoms with Gasteiger partial charge in [-0.25, -0.2) is 8.42 Å². The van der Waals surface area contributed by atoms with Gasteiger partial charge in [0.2, 0.25) is 21.8 Å². The van der Waals surface area contributed by atoms with Crippen LogP contribution in [0, 0.1) is 6.92 Å². The van der Waals surface area contributed by atoms with Crippen molar-refractivity contribution in [2.45, 2.75) is 44.2 Å². The minimum absolute atomic E-state index is 0.225. The van der Waals surface area contributed by atoms with Crippen LogP contribution in [0.2, 0.25) is 0 Å². The Bertz CT molecular complexity index is 1040. The van der Waals surface area contributed by atoms with Gasteiger partial charge >= 0.3 is 0 Å². The number of hydrogen-bond donors (Lipinski definition) is 0. The molecule has 0 spiro atoms. The highest BCUT2D eigenvalue weighted by Crippen LogP contribution is 2.37. The van der Waals surface area contributed by atoms with Gasteiger partial charge in [-0.15, -0.1) is 10.2 Å². The first-order valence-electron chi connectivity index (χ1n) is 8.80. The number of aromatic nitrogens is 5. The fourth-order valence-electron chi connectivity index (χ4n) is 3.29. The molecule has 10 heteroatoms. The van der Waals surface area contributed by atoms with E-state index >= 15 is 0 Å². The maximum Gasteiger partial charge on any atom is 0.249 e.